The van der Waals surface area contributed by atoms with E-state index >= 15 is 0 Å². The number of rotatable bonds is 4. The van der Waals surface area contributed by atoms with Gasteiger partial charge in [-0.2, -0.15) is 0 Å². The molecule has 1 unspecified atom stereocenters. The summed E-state index contributed by atoms with van der Waals surface area (Å²) in [6, 6.07) is 14.3. The molecule has 0 radical (unpaired) electrons. The lowest BCUT2D eigenvalue weighted by Gasteiger charge is -2.27. The van der Waals surface area contributed by atoms with Crippen molar-refractivity contribution in [1.29, 1.82) is 0 Å². The number of hydrogen-bond donors (Lipinski definition) is 0. The molecule has 0 aliphatic heterocycles. The maximum atomic E-state index is 11.0. The van der Waals surface area contributed by atoms with Gasteiger partial charge in [0.25, 0.3) is 5.69 Å². The smallest absolute Gasteiger partial charge is 0.273 e. The Morgan fingerprint density at radius 3 is 2.67 bits per heavy atom. The van der Waals surface area contributed by atoms with E-state index in [1.165, 1.54) is 12.1 Å². The summed E-state index contributed by atoms with van der Waals surface area (Å²) in [7, 11) is 3.91. The molecule has 0 saturated heterocycles. The van der Waals surface area contributed by atoms with Crippen molar-refractivity contribution < 1.29 is 9.66 Å². The molecule has 1 aliphatic rings. The monoisotopic (exact) mass is 322 g/mol. The van der Waals surface area contributed by atoms with Gasteiger partial charge >= 0.3 is 0 Å². The highest BCUT2D eigenvalue weighted by Gasteiger charge is 2.24. The van der Waals surface area contributed by atoms with Gasteiger partial charge in [0.2, 0.25) is 0 Å². The molecule has 2 aromatic carbocycles. The van der Waals surface area contributed by atoms with Gasteiger partial charge in [-0.15, -0.1) is 0 Å². The first-order chi connectivity index (χ1) is 11.6. The molecule has 0 saturated carbocycles. The molecule has 1 aliphatic carbocycles. The lowest BCUT2D eigenvalue weighted by Crippen LogP contribution is -2.22. The van der Waals surface area contributed by atoms with E-state index in [4.69, 9.17) is 4.74 Å². The number of nitrogens with zero attached hydrogens (tertiary/aromatic N) is 2. The summed E-state index contributed by atoms with van der Waals surface area (Å²) in [6.45, 7) is 0. The minimum Gasteiger partial charge on any atom is -0.479 e. The van der Waals surface area contributed by atoms with Crippen molar-refractivity contribution in [3.63, 3.8) is 0 Å². The molecule has 2 aromatic rings. The highest BCUT2D eigenvalue weighted by Crippen LogP contribution is 2.34. The van der Waals surface area contributed by atoms with E-state index in [-0.39, 0.29) is 11.8 Å². The summed E-state index contributed by atoms with van der Waals surface area (Å²) in [5, 5.41) is 11.0. The Morgan fingerprint density at radius 1 is 1.12 bits per heavy atom. The molecule has 0 amide bonds. The second-order valence-electron chi connectivity index (χ2n) is 5.73. The first-order valence-electron chi connectivity index (χ1n) is 7.62. The third kappa shape index (κ3) is 3.15. The highest BCUT2D eigenvalue weighted by molar-refractivity contribution is 5.59. The fourth-order valence-electron chi connectivity index (χ4n) is 2.71. The van der Waals surface area contributed by atoms with Gasteiger partial charge in [0.1, 0.15) is 5.75 Å². The molecule has 3 rings (SSSR count). The zero-order valence-electron chi connectivity index (χ0n) is 13.5. The number of hydrogen-bond acceptors (Lipinski definition) is 4. The Kier molecular flexibility index (Phi) is 4.33. The van der Waals surface area contributed by atoms with Crippen LogP contribution >= 0.6 is 0 Å². The molecule has 5 heteroatoms. The number of nitro benzene ring substituents is 1. The lowest BCUT2D eigenvalue weighted by molar-refractivity contribution is -0.384. The van der Waals surface area contributed by atoms with Gasteiger partial charge in [0, 0.05) is 25.7 Å². The average molecular weight is 322 g/mol. The maximum Gasteiger partial charge on any atom is 0.273 e. The van der Waals surface area contributed by atoms with Crippen LogP contribution in [-0.4, -0.2) is 23.9 Å². The van der Waals surface area contributed by atoms with Crippen molar-refractivity contribution in [2.24, 2.45) is 0 Å². The van der Waals surface area contributed by atoms with Gasteiger partial charge in [0.05, 0.1) is 16.7 Å². The Bertz CT molecular complexity index is 825. The minimum atomic E-state index is -0.419. The molecular formula is C19H18N2O3. The quantitative estimate of drug-likeness (QED) is 0.626. The third-order valence-corrected chi connectivity index (χ3v) is 3.89. The van der Waals surface area contributed by atoms with Gasteiger partial charge in [-0.25, -0.2) is 0 Å². The summed E-state index contributed by atoms with van der Waals surface area (Å²) in [5.74, 6) is 0.471. The van der Waals surface area contributed by atoms with Gasteiger partial charge in [0.15, 0.2) is 6.10 Å². The summed E-state index contributed by atoms with van der Waals surface area (Å²) in [6.07, 6.45) is 5.69. The Hall–Kier alpha value is -3.08. The highest BCUT2D eigenvalue weighted by atomic mass is 16.6. The number of fused-ring (bicyclic) bond motifs is 1. The van der Waals surface area contributed by atoms with Crippen LogP contribution in [0.3, 0.4) is 0 Å². The third-order valence-electron chi connectivity index (χ3n) is 3.89. The molecule has 0 spiro atoms. The normalized spacial score (nSPS) is 15.9. The zero-order chi connectivity index (χ0) is 17.1. The van der Waals surface area contributed by atoms with Crippen LogP contribution in [0.15, 0.2) is 66.4 Å². The zero-order valence-corrected chi connectivity index (χ0v) is 13.5. The molecular weight excluding hydrogens is 304 g/mol. The van der Waals surface area contributed by atoms with E-state index in [0.29, 0.717) is 5.75 Å². The predicted octanol–water partition coefficient (Wildman–Crippen LogP) is 4.19. The molecule has 0 N–H and O–H groups in total. The Morgan fingerprint density at radius 2 is 1.92 bits per heavy atom. The first kappa shape index (κ1) is 15.8. The van der Waals surface area contributed by atoms with Crippen molar-refractivity contribution in [2.75, 3.05) is 14.1 Å². The van der Waals surface area contributed by atoms with E-state index in [1.54, 1.807) is 12.1 Å². The van der Waals surface area contributed by atoms with Crippen molar-refractivity contribution >= 4 is 11.8 Å². The first-order valence-corrected chi connectivity index (χ1v) is 7.62. The van der Waals surface area contributed by atoms with E-state index in [2.05, 4.69) is 0 Å². The topological polar surface area (TPSA) is 55.6 Å². The molecule has 5 nitrogen and oxygen atoms in total. The summed E-state index contributed by atoms with van der Waals surface area (Å²) >= 11 is 0. The van der Waals surface area contributed by atoms with E-state index in [1.807, 2.05) is 61.5 Å². The second-order valence-corrected chi connectivity index (χ2v) is 5.73. The summed E-state index contributed by atoms with van der Waals surface area (Å²) in [5.41, 5.74) is 3.09. The number of allylic oxidation sites excluding steroid dienone is 2. The summed E-state index contributed by atoms with van der Waals surface area (Å²) < 4.78 is 6.17. The molecule has 0 heterocycles. The van der Waals surface area contributed by atoms with Crippen molar-refractivity contribution in [3.8, 4) is 5.75 Å². The fraction of sp³-hybridized carbons (Fsp3) is 0.158. The van der Waals surface area contributed by atoms with Crippen LogP contribution in [0.5, 0.6) is 5.75 Å². The summed E-state index contributed by atoms with van der Waals surface area (Å²) in [4.78, 5) is 12.6. The fourth-order valence-corrected chi connectivity index (χ4v) is 2.71. The predicted molar refractivity (Wildman–Crippen MR) is 93.7 cm³/mol. The number of nitro groups is 1. The Labute approximate surface area is 140 Å². The second kappa shape index (κ2) is 6.58. The molecule has 122 valence electrons. The van der Waals surface area contributed by atoms with Crippen LogP contribution in [0, 0.1) is 10.1 Å². The van der Waals surface area contributed by atoms with E-state index in [9.17, 15) is 10.1 Å². The van der Waals surface area contributed by atoms with Crippen LogP contribution in [0.25, 0.3) is 6.08 Å². The van der Waals surface area contributed by atoms with Crippen molar-refractivity contribution in [1.82, 2.24) is 4.90 Å². The molecule has 0 aromatic heterocycles. The standard InChI is InChI=1S/C19H18N2O3/c1-20(2)18-12-5-8-14-7-3-4-11-17(14)19(18)24-16-10-6-9-15(13-16)21(22)23/h3-13,19H,1-2H3. The van der Waals surface area contributed by atoms with Crippen LogP contribution < -0.4 is 4.74 Å². The van der Waals surface area contributed by atoms with Gasteiger partial charge < -0.3 is 9.64 Å². The van der Waals surface area contributed by atoms with Crippen LogP contribution in [0.1, 0.15) is 17.2 Å². The van der Waals surface area contributed by atoms with Gasteiger partial charge in [-0.3, -0.25) is 10.1 Å². The van der Waals surface area contributed by atoms with Crippen molar-refractivity contribution in [2.45, 2.75) is 6.10 Å². The SMILES string of the molecule is CN(C)C1=CC=Cc2ccccc2C1Oc1cccc([N+](=O)[O-])c1. The van der Waals surface area contributed by atoms with E-state index < -0.39 is 4.92 Å². The number of likely N-dealkylation sites (N-methyl/N-ethyl adjacent to an activating group) is 1. The lowest BCUT2D eigenvalue weighted by atomic mass is 10.0. The van der Waals surface area contributed by atoms with E-state index in [0.717, 1.165) is 16.8 Å². The van der Waals surface area contributed by atoms with Crippen LogP contribution in [-0.2, 0) is 0 Å². The van der Waals surface area contributed by atoms with Crippen LogP contribution in [0.2, 0.25) is 0 Å². The number of non-ortho nitro benzene ring substituents is 1. The largest absolute Gasteiger partial charge is 0.479 e. The minimum absolute atomic E-state index is 0.0166. The molecule has 1 atom stereocenters. The molecule has 0 bridgehead atoms. The molecule has 0 fully saturated rings. The maximum absolute atomic E-state index is 11.0. The van der Waals surface area contributed by atoms with Gasteiger partial charge in [-0.1, -0.05) is 42.5 Å². The van der Waals surface area contributed by atoms with Gasteiger partial charge in [-0.05, 0) is 17.7 Å². The number of benzene rings is 2. The average Bonchev–Trinajstić information content (AvgIpc) is 2.75. The number of ether oxygens (including phenoxy) is 1. The van der Waals surface area contributed by atoms with Crippen molar-refractivity contribution in [3.05, 3.63) is 87.6 Å². The molecule has 24 heavy (non-hydrogen) atoms. The van der Waals surface area contributed by atoms with Crippen LogP contribution in [0.4, 0.5) is 5.69 Å². The Balaban J connectivity index is 2.03.